The molecular weight excluding hydrogens is 247 g/mol. The van der Waals surface area contributed by atoms with Gasteiger partial charge in [-0.1, -0.05) is 6.92 Å². The third-order valence-electron chi connectivity index (χ3n) is 3.63. The van der Waals surface area contributed by atoms with Gasteiger partial charge in [0.25, 0.3) is 5.91 Å². The first kappa shape index (κ1) is 13.8. The number of nitrogens with two attached hydrogens (primary N) is 1. The molecule has 0 atom stereocenters. The molecule has 1 fully saturated rings. The monoisotopic (exact) mass is 266 g/mol. The van der Waals surface area contributed by atoms with E-state index in [1.54, 1.807) is 0 Å². The lowest BCUT2D eigenvalue weighted by molar-refractivity contribution is 0.0238. The number of nitrogen functional groups attached to an aromatic ring is 1. The van der Waals surface area contributed by atoms with Gasteiger partial charge in [-0.15, -0.1) is 0 Å². The molecule has 1 aliphatic heterocycles. The molecule has 1 aliphatic rings. The van der Waals surface area contributed by atoms with Gasteiger partial charge in [0.2, 0.25) is 0 Å². The lowest BCUT2D eigenvalue weighted by Crippen LogP contribution is -2.39. The summed E-state index contributed by atoms with van der Waals surface area (Å²) < 4.78 is 18.3. The van der Waals surface area contributed by atoms with E-state index in [1.165, 1.54) is 18.2 Å². The molecule has 4 nitrogen and oxygen atoms in total. The highest BCUT2D eigenvalue weighted by molar-refractivity contribution is 5.95. The fourth-order valence-electron chi connectivity index (χ4n) is 2.12. The van der Waals surface area contributed by atoms with Crippen LogP contribution >= 0.6 is 0 Å². The summed E-state index contributed by atoms with van der Waals surface area (Å²) in [5, 5.41) is 2.88. The van der Waals surface area contributed by atoms with Gasteiger partial charge >= 0.3 is 0 Å². The summed E-state index contributed by atoms with van der Waals surface area (Å²) in [6, 6.07) is 4.00. The second-order valence-electron chi connectivity index (χ2n) is 5.34. The Bertz CT molecular complexity index is 471. The average molecular weight is 266 g/mol. The summed E-state index contributed by atoms with van der Waals surface area (Å²) in [6.07, 6.45) is 1.86. The number of ether oxygens (including phenoxy) is 1. The van der Waals surface area contributed by atoms with Crippen LogP contribution in [0, 0.1) is 11.2 Å². The van der Waals surface area contributed by atoms with Crippen molar-refractivity contribution < 1.29 is 13.9 Å². The number of amides is 1. The van der Waals surface area contributed by atoms with Crippen LogP contribution in [0.3, 0.4) is 0 Å². The number of anilines is 1. The van der Waals surface area contributed by atoms with E-state index in [0.717, 1.165) is 26.1 Å². The molecule has 1 amide bonds. The zero-order valence-corrected chi connectivity index (χ0v) is 11.0. The first-order chi connectivity index (χ1) is 9.00. The van der Waals surface area contributed by atoms with Crippen LogP contribution in [0.1, 0.15) is 30.1 Å². The van der Waals surface area contributed by atoms with Crippen molar-refractivity contribution >= 4 is 11.6 Å². The molecule has 0 aliphatic carbocycles. The minimum atomic E-state index is -0.507. The Hall–Kier alpha value is -1.62. The lowest BCUT2D eigenvalue weighted by atomic mass is 9.82. The van der Waals surface area contributed by atoms with Crippen LogP contribution in [0.15, 0.2) is 18.2 Å². The van der Waals surface area contributed by atoms with Crippen molar-refractivity contribution in [3.63, 3.8) is 0 Å². The van der Waals surface area contributed by atoms with Crippen molar-refractivity contribution in [3.05, 3.63) is 29.6 Å². The van der Waals surface area contributed by atoms with Crippen LogP contribution in [-0.4, -0.2) is 25.7 Å². The number of halogens is 1. The number of rotatable bonds is 3. The molecule has 1 heterocycles. The van der Waals surface area contributed by atoms with E-state index in [2.05, 4.69) is 12.2 Å². The summed E-state index contributed by atoms with van der Waals surface area (Å²) in [4.78, 5) is 12.0. The summed E-state index contributed by atoms with van der Waals surface area (Å²) >= 11 is 0. The fraction of sp³-hybridized carbons (Fsp3) is 0.500. The van der Waals surface area contributed by atoms with Crippen molar-refractivity contribution in [1.82, 2.24) is 5.32 Å². The van der Waals surface area contributed by atoms with Crippen molar-refractivity contribution in [2.24, 2.45) is 5.41 Å². The molecule has 3 N–H and O–H groups in total. The van der Waals surface area contributed by atoms with Crippen molar-refractivity contribution in [2.75, 3.05) is 25.5 Å². The third kappa shape index (κ3) is 3.44. The van der Waals surface area contributed by atoms with Gasteiger partial charge in [-0.2, -0.15) is 0 Å². The second-order valence-corrected chi connectivity index (χ2v) is 5.34. The maximum absolute atomic E-state index is 13.0. The zero-order chi connectivity index (χ0) is 13.9. The number of hydrogen-bond acceptors (Lipinski definition) is 3. The Labute approximate surface area is 112 Å². The van der Waals surface area contributed by atoms with Gasteiger partial charge in [0.1, 0.15) is 5.82 Å². The first-order valence-corrected chi connectivity index (χ1v) is 6.41. The van der Waals surface area contributed by atoms with Gasteiger partial charge in [0.05, 0.1) is 5.69 Å². The molecule has 0 unspecified atom stereocenters. The van der Waals surface area contributed by atoms with Crippen molar-refractivity contribution in [1.29, 1.82) is 0 Å². The third-order valence-corrected chi connectivity index (χ3v) is 3.63. The first-order valence-electron chi connectivity index (χ1n) is 6.41. The van der Waals surface area contributed by atoms with E-state index in [1.807, 2.05) is 0 Å². The smallest absolute Gasteiger partial charge is 0.251 e. The van der Waals surface area contributed by atoms with E-state index in [-0.39, 0.29) is 17.0 Å². The fourth-order valence-corrected chi connectivity index (χ4v) is 2.12. The molecular formula is C14H19FN2O2. The van der Waals surface area contributed by atoms with Crippen LogP contribution in [-0.2, 0) is 4.74 Å². The Kier molecular flexibility index (Phi) is 4.04. The van der Waals surface area contributed by atoms with Gasteiger partial charge in [0, 0.05) is 25.3 Å². The highest BCUT2D eigenvalue weighted by Gasteiger charge is 2.27. The molecule has 104 valence electrons. The Balaban J connectivity index is 1.95. The quantitative estimate of drug-likeness (QED) is 0.822. The van der Waals surface area contributed by atoms with Crippen LogP contribution in [0.2, 0.25) is 0 Å². The molecule has 1 saturated heterocycles. The van der Waals surface area contributed by atoms with E-state index >= 15 is 0 Å². The maximum Gasteiger partial charge on any atom is 0.251 e. The van der Waals surface area contributed by atoms with Gasteiger partial charge in [-0.3, -0.25) is 4.79 Å². The Morgan fingerprint density at radius 1 is 1.47 bits per heavy atom. The Morgan fingerprint density at radius 2 is 2.16 bits per heavy atom. The summed E-state index contributed by atoms with van der Waals surface area (Å²) in [5.74, 6) is -0.729. The van der Waals surface area contributed by atoms with E-state index in [4.69, 9.17) is 10.5 Å². The molecule has 0 aromatic heterocycles. The highest BCUT2D eigenvalue weighted by atomic mass is 19.1. The van der Waals surface area contributed by atoms with Gasteiger partial charge in [-0.25, -0.2) is 4.39 Å². The SMILES string of the molecule is CC1(CNC(=O)c2ccc(F)c(N)c2)CCOCC1. The number of hydrogen-bond donors (Lipinski definition) is 2. The molecule has 0 bridgehead atoms. The minimum absolute atomic E-state index is 0.00933. The topological polar surface area (TPSA) is 64.4 Å². The number of carbonyl (C=O) groups excluding carboxylic acids is 1. The molecule has 1 aromatic carbocycles. The summed E-state index contributed by atoms with van der Waals surface area (Å²) in [7, 11) is 0. The number of nitrogens with one attached hydrogen (secondary N) is 1. The second kappa shape index (κ2) is 5.57. The molecule has 2 rings (SSSR count). The zero-order valence-electron chi connectivity index (χ0n) is 11.0. The predicted octanol–water partition coefficient (Wildman–Crippen LogP) is 1.95. The highest BCUT2D eigenvalue weighted by Crippen LogP contribution is 2.28. The minimum Gasteiger partial charge on any atom is -0.396 e. The van der Waals surface area contributed by atoms with Gasteiger partial charge < -0.3 is 15.8 Å². The largest absolute Gasteiger partial charge is 0.396 e. The van der Waals surface area contributed by atoms with E-state index < -0.39 is 5.82 Å². The molecule has 0 radical (unpaired) electrons. The van der Waals surface area contributed by atoms with Crippen molar-refractivity contribution in [2.45, 2.75) is 19.8 Å². The van der Waals surface area contributed by atoms with Crippen LogP contribution in [0.4, 0.5) is 10.1 Å². The number of benzene rings is 1. The maximum atomic E-state index is 13.0. The van der Waals surface area contributed by atoms with Crippen molar-refractivity contribution in [3.8, 4) is 0 Å². The normalized spacial score (nSPS) is 18.0. The molecule has 0 spiro atoms. The molecule has 19 heavy (non-hydrogen) atoms. The molecule has 1 aromatic rings. The average Bonchev–Trinajstić information content (AvgIpc) is 2.40. The summed E-state index contributed by atoms with van der Waals surface area (Å²) in [5.41, 5.74) is 5.90. The predicted molar refractivity (Wildman–Crippen MR) is 71.3 cm³/mol. The Morgan fingerprint density at radius 3 is 2.79 bits per heavy atom. The van der Waals surface area contributed by atoms with Crippen LogP contribution in [0.5, 0.6) is 0 Å². The standard InChI is InChI=1S/C14H19FN2O2/c1-14(4-6-19-7-5-14)9-17-13(18)10-2-3-11(15)12(16)8-10/h2-3,8H,4-7,9,16H2,1H3,(H,17,18). The van der Waals surface area contributed by atoms with E-state index in [0.29, 0.717) is 12.1 Å². The van der Waals surface area contributed by atoms with Crippen LogP contribution in [0.25, 0.3) is 0 Å². The number of carbonyl (C=O) groups is 1. The van der Waals surface area contributed by atoms with Gasteiger partial charge in [0.15, 0.2) is 0 Å². The van der Waals surface area contributed by atoms with Crippen LogP contribution < -0.4 is 11.1 Å². The van der Waals surface area contributed by atoms with E-state index in [9.17, 15) is 9.18 Å². The summed E-state index contributed by atoms with van der Waals surface area (Å²) in [6.45, 7) is 4.19. The van der Waals surface area contributed by atoms with Gasteiger partial charge in [-0.05, 0) is 36.5 Å². The molecule has 0 saturated carbocycles. The lowest BCUT2D eigenvalue weighted by Gasteiger charge is -2.33. The molecule has 5 heteroatoms.